The summed E-state index contributed by atoms with van der Waals surface area (Å²) in [6.45, 7) is 6.49. The lowest BCUT2D eigenvalue weighted by Gasteiger charge is -2.19. The quantitative estimate of drug-likeness (QED) is 0.340. The van der Waals surface area contributed by atoms with Gasteiger partial charge in [-0.2, -0.15) is 4.98 Å². The van der Waals surface area contributed by atoms with E-state index >= 15 is 0 Å². The Labute approximate surface area is 219 Å². The van der Waals surface area contributed by atoms with Gasteiger partial charge in [0.05, 0.1) is 31.0 Å². The number of aromatic nitrogens is 2. The van der Waals surface area contributed by atoms with E-state index in [0.717, 1.165) is 47.5 Å². The highest BCUT2D eigenvalue weighted by Crippen LogP contribution is 2.36. The molecule has 4 heterocycles. The van der Waals surface area contributed by atoms with Crippen LogP contribution in [-0.4, -0.2) is 48.6 Å². The number of unbranched alkanes of at least 4 members (excludes halogenated alkanes) is 1. The number of carbonyl (C=O) groups is 1. The lowest BCUT2D eigenvalue weighted by Crippen LogP contribution is -2.26. The van der Waals surface area contributed by atoms with Crippen molar-refractivity contribution in [3.8, 4) is 17.1 Å². The number of hydrogen-bond acceptors (Lipinski definition) is 6. The SMILES string of the molecule is CCCCOc1cc2c(c(N)n1)CC(=O)N2Cc1ccc(-c2cccc(CN3CCCC3)c2)nc1.[B]F. The molecule has 0 spiro atoms. The number of likely N-dealkylation sites (tertiary alicyclic amines) is 1. The van der Waals surface area contributed by atoms with Crippen LogP contribution in [0.3, 0.4) is 0 Å². The Bertz CT molecular complexity index is 1200. The zero-order valence-corrected chi connectivity index (χ0v) is 21.3. The number of fused-ring (bicyclic) bond motifs is 1. The van der Waals surface area contributed by atoms with Crippen LogP contribution in [0.2, 0.25) is 0 Å². The van der Waals surface area contributed by atoms with Gasteiger partial charge in [-0.15, -0.1) is 0 Å². The van der Waals surface area contributed by atoms with Crippen molar-refractivity contribution in [2.45, 2.75) is 52.1 Å². The van der Waals surface area contributed by atoms with Crippen molar-refractivity contribution >= 4 is 25.5 Å². The number of hydrogen-bond donors (Lipinski definition) is 1. The first-order valence-electron chi connectivity index (χ1n) is 12.8. The van der Waals surface area contributed by atoms with Gasteiger partial charge in [-0.1, -0.05) is 37.6 Å². The maximum Gasteiger partial charge on any atom is 0.350 e. The Hall–Kier alpha value is -3.46. The van der Waals surface area contributed by atoms with E-state index in [9.17, 15) is 4.79 Å². The molecule has 2 aliphatic rings. The molecular formula is C28H33BFN5O2. The molecule has 0 saturated carbocycles. The summed E-state index contributed by atoms with van der Waals surface area (Å²) in [7, 11) is 3.00. The van der Waals surface area contributed by atoms with Crippen LogP contribution >= 0.6 is 0 Å². The Morgan fingerprint density at radius 3 is 2.62 bits per heavy atom. The zero-order valence-electron chi connectivity index (χ0n) is 21.3. The number of pyridine rings is 2. The molecule has 9 heteroatoms. The largest absolute Gasteiger partial charge is 0.478 e. The van der Waals surface area contributed by atoms with Crippen LogP contribution in [0.25, 0.3) is 11.3 Å². The highest BCUT2D eigenvalue weighted by molar-refractivity contribution is 6.03. The van der Waals surface area contributed by atoms with Gasteiger partial charge in [0.1, 0.15) is 5.82 Å². The van der Waals surface area contributed by atoms with Gasteiger partial charge in [-0.3, -0.25) is 14.7 Å². The molecule has 192 valence electrons. The average Bonchev–Trinajstić information content (AvgIpc) is 3.54. The molecule has 7 nitrogen and oxygen atoms in total. The summed E-state index contributed by atoms with van der Waals surface area (Å²) in [5.74, 6) is 0.849. The highest BCUT2D eigenvalue weighted by Gasteiger charge is 2.30. The first kappa shape index (κ1) is 26.6. The first-order chi connectivity index (χ1) is 18.1. The number of nitrogens with zero attached hydrogens (tertiary/aromatic N) is 4. The minimum absolute atomic E-state index is 0.0119. The molecule has 3 aromatic rings. The fraction of sp³-hybridized carbons (Fsp3) is 0.393. The van der Waals surface area contributed by atoms with Crippen molar-refractivity contribution in [3.05, 3.63) is 65.4 Å². The van der Waals surface area contributed by atoms with E-state index in [1.54, 1.807) is 4.90 Å². The van der Waals surface area contributed by atoms with Crippen molar-refractivity contribution in [3.63, 3.8) is 0 Å². The van der Waals surface area contributed by atoms with Crippen LogP contribution in [0.15, 0.2) is 48.7 Å². The molecule has 1 saturated heterocycles. The zero-order chi connectivity index (χ0) is 26.2. The van der Waals surface area contributed by atoms with Crippen LogP contribution < -0.4 is 15.4 Å². The Morgan fingerprint density at radius 2 is 1.89 bits per heavy atom. The average molecular weight is 501 g/mol. The molecule has 1 aromatic carbocycles. The number of halogens is 1. The minimum atomic E-state index is 0.0119. The number of nitrogen functional groups attached to an aromatic ring is 1. The molecule has 37 heavy (non-hydrogen) atoms. The standard InChI is InChI=1S/C28H33N5O2.BF/c1-2-3-13-35-26-16-25-23(28(29)31-26)15-27(34)33(25)19-21-9-10-24(30-17-21)22-8-6-7-20(14-22)18-32-11-4-5-12-32;1-2/h6-10,14,16-17H,2-5,11-13,15,18-19H2,1H3,(H2,29,31);. The monoisotopic (exact) mass is 501 g/mol. The third kappa shape index (κ3) is 6.46. The van der Waals surface area contributed by atoms with E-state index in [2.05, 4.69) is 49.2 Å². The molecule has 0 unspecified atom stereocenters. The molecule has 2 N–H and O–H groups in total. The third-order valence-corrected chi connectivity index (χ3v) is 6.77. The Kier molecular flexibility index (Phi) is 9.11. The summed E-state index contributed by atoms with van der Waals surface area (Å²) in [6.07, 6.45) is 6.69. The Morgan fingerprint density at radius 1 is 1.08 bits per heavy atom. The van der Waals surface area contributed by atoms with Crippen LogP contribution in [0, 0.1) is 0 Å². The maximum atomic E-state index is 12.8. The molecule has 1 amide bonds. The van der Waals surface area contributed by atoms with Crippen LogP contribution in [-0.2, 0) is 24.3 Å². The Balaban J connectivity index is 0.00000156. The van der Waals surface area contributed by atoms with Crippen LogP contribution in [0.4, 0.5) is 15.8 Å². The van der Waals surface area contributed by atoms with Crippen molar-refractivity contribution in [1.29, 1.82) is 0 Å². The first-order valence-corrected chi connectivity index (χ1v) is 12.8. The number of nitrogens with two attached hydrogens (primary N) is 1. The second kappa shape index (κ2) is 12.7. The second-order valence-corrected chi connectivity index (χ2v) is 9.44. The number of anilines is 2. The van der Waals surface area contributed by atoms with E-state index in [-0.39, 0.29) is 12.3 Å². The van der Waals surface area contributed by atoms with Crippen molar-refractivity contribution in [1.82, 2.24) is 14.9 Å². The predicted octanol–water partition coefficient (Wildman–Crippen LogP) is 4.63. The van der Waals surface area contributed by atoms with Gasteiger partial charge in [0.25, 0.3) is 0 Å². The van der Waals surface area contributed by atoms with Gasteiger partial charge in [-0.25, -0.2) is 0 Å². The van der Waals surface area contributed by atoms with Crippen molar-refractivity contribution < 1.29 is 13.8 Å². The topological polar surface area (TPSA) is 84.6 Å². The van der Waals surface area contributed by atoms with E-state index in [1.807, 2.05) is 24.4 Å². The molecule has 1 fully saturated rings. The van der Waals surface area contributed by atoms with Crippen LogP contribution in [0.1, 0.15) is 49.3 Å². The number of benzene rings is 1. The third-order valence-electron chi connectivity index (χ3n) is 6.77. The molecule has 2 aliphatic heterocycles. The predicted molar refractivity (Wildman–Crippen MR) is 145 cm³/mol. The molecule has 0 atom stereocenters. The normalized spacial score (nSPS) is 14.9. The summed E-state index contributed by atoms with van der Waals surface area (Å²) >= 11 is 0. The lowest BCUT2D eigenvalue weighted by atomic mass is 10.1. The molecule has 2 aromatic heterocycles. The molecular weight excluding hydrogens is 468 g/mol. The van der Waals surface area contributed by atoms with Gasteiger partial charge in [0.15, 0.2) is 0 Å². The van der Waals surface area contributed by atoms with E-state index < -0.39 is 0 Å². The van der Waals surface area contributed by atoms with Gasteiger partial charge in [0.2, 0.25) is 11.8 Å². The fourth-order valence-electron chi connectivity index (χ4n) is 4.82. The molecule has 2 radical (unpaired) electrons. The molecule has 0 aliphatic carbocycles. The summed E-state index contributed by atoms with van der Waals surface area (Å²) in [5.41, 5.74) is 12.0. The van der Waals surface area contributed by atoms with E-state index in [4.69, 9.17) is 19.8 Å². The number of amides is 1. The molecule has 5 rings (SSSR count). The van der Waals surface area contributed by atoms with Gasteiger partial charge in [0, 0.05) is 29.9 Å². The second-order valence-electron chi connectivity index (χ2n) is 9.44. The summed E-state index contributed by atoms with van der Waals surface area (Å²) < 4.78 is 14.8. The lowest BCUT2D eigenvalue weighted by molar-refractivity contribution is -0.117. The van der Waals surface area contributed by atoms with E-state index in [0.29, 0.717) is 24.8 Å². The summed E-state index contributed by atoms with van der Waals surface area (Å²) in [5, 5.41) is 0. The summed E-state index contributed by atoms with van der Waals surface area (Å²) in [6, 6.07) is 14.5. The number of rotatable bonds is 9. The van der Waals surface area contributed by atoms with Gasteiger partial charge < -0.3 is 19.7 Å². The molecule has 0 bridgehead atoms. The number of carbonyl (C=O) groups excluding carboxylic acids is 1. The minimum Gasteiger partial charge on any atom is -0.478 e. The smallest absolute Gasteiger partial charge is 0.350 e. The van der Waals surface area contributed by atoms with Gasteiger partial charge in [-0.05, 0) is 55.6 Å². The van der Waals surface area contributed by atoms with Crippen molar-refractivity contribution in [2.24, 2.45) is 0 Å². The van der Waals surface area contributed by atoms with Crippen LogP contribution in [0.5, 0.6) is 5.88 Å². The fourth-order valence-corrected chi connectivity index (χ4v) is 4.82. The number of ether oxygens (including phenoxy) is 1. The van der Waals surface area contributed by atoms with E-state index in [1.165, 1.54) is 31.5 Å². The maximum absolute atomic E-state index is 12.8. The summed E-state index contributed by atoms with van der Waals surface area (Å²) in [4.78, 5) is 26.1. The van der Waals surface area contributed by atoms with Gasteiger partial charge >= 0.3 is 8.12 Å². The van der Waals surface area contributed by atoms with Crippen molar-refractivity contribution in [2.75, 3.05) is 30.3 Å². The highest BCUT2D eigenvalue weighted by atomic mass is 19.1.